The highest BCUT2D eigenvalue weighted by Gasteiger charge is 2.29. The fourth-order valence-electron chi connectivity index (χ4n) is 4.16. The Labute approximate surface area is 201 Å². The van der Waals surface area contributed by atoms with Crippen molar-refractivity contribution in [3.05, 3.63) is 35.9 Å². The Morgan fingerprint density at radius 3 is 2.33 bits per heavy atom. The third kappa shape index (κ3) is 8.35. The second-order valence-corrected chi connectivity index (χ2v) is 8.46. The quantitative estimate of drug-likeness (QED) is 0.267. The topological polar surface area (TPSA) is 48.9 Å². The lowest BCUT2D eigenvalue weighted by molar-refractivity contribution is 0.0532. The van der Waals surface area contributed by atoms with Crippen molar-refractivity contribution in [2.24, 2.45) is 4.99 Å². The highest BCUT2D eigenvalue weighted by molar-refractivity contribution is 14.0. The van der Waals surface area contributed by atoms with E-state index >= 15 is 0 Å². The maximum atomic E-state index is 5.69. The van der Waals surface area contributed by atoms with Crippen molar-refractivity contribution in [1.82, 2.24) is 15.5 Å². The Hall–Kier alpha value is -0.860. The van der Waals surface area contributed by atoms with E-state index in [9.17, 15) is 0 Å². The predicted molar refractivity (Wildman–Crippen MR) is 139 cm³/mol. The normalized spacial score (nSPS) is 16.4. The number of likely N-dealkylation sites (tertiary alicyclic amines) is 1. The molecule has 0 aliphatic carbocycles. The minimum Gasteiger partial charge on any atom is -0.377 e. The van der Waals surface area contributed by atoms with Crippen LogP contribution in [0, 0.1) is 0 Å². The summed E-state index contributed by atoms with van der Waals surface area (Å²) in [5.74, 6) is 0.925. The number of hydrogen-bond acceptors (Lipinski definition) is 3. The maximum Gasteiger partial charge on any atom is 0.191 e. The largest absolute Gasteiger partial charge is 0.377 e. The molecular formula is C24H43IN4O. The molecule has 0 aromatic heterocycles. The van der Waals surface area contributed by atoms with Crippen LogP contribution in [0.1, 0.15) is 58.9 Å². The second-order valence-electron chi connectivity index (χ2n) is 8.46. The summed E-state index contributed by atoms with van der Waals surface area (Å²) in [4.78, 5) is 7.00. The lowest BCUT2D eigenvalue weighted by Crippen LogP contribution is -2.51. The molecule has 1 aliphatic rings. The van der Waals surface area contributed by atoms with Crippen LogP contribution in [0.25, 0.3) is 0 Å². The smallest absolute Gasteiger partial charge is 0.191 e. The molecule has 2 N–H and O–H groups in total. The van der Waals surface area contributed by atoms with Gasteiger partial charge in [-0.2, -0.15) is 0 Å². The monoisotopic (exact) mass is 530 g/mol. The molecular weight excluding hydrogens is 487 g/mol. The lowest BCUT2D eigenvalue weighted by Gasteiger charge is -2.35. The van der Waals surface area contributed by atoms with Crippen molar-refractivity contribution in [1.29, 1.82) is 0 Å². The van der Waals surface area contributed by atoms with E-state index in [1.165, 1.54) is 5.56 Å². The zero-order valence-corrected chi connectivity index (χ0v) is 21.9. The van der Waals surface area contributed by atoms with E-state index in [-0.39, 0.29) is 29.4 Å². The first-order valence-corrected chi connectivity index (χ1v) is 11.4. The lowest BCUT2D eigenvalue weighted by atomic mass is 9.76. The van der Waals surface area contributed by atoms with E-state index < -0.39 is 0 Å². The number of ether oxygens (including phenoxy) is 1. The number of guanidine groups is 1. The Morgan fingerprint density at radius 1 is 1.17 bits per heavy atom. The van der Waals surface area contributed by atoms with E-state index in [1.807, 2.05) is 7.05 Å². The minimum atomic E-state index is 0. The fraction of sp³-hybridized carbons (Fsp3) is 0.708. The number of hydrogen-bond donors (Lipinski definition) is 2. The van der Waals surface area contributed by atoms with Crippen LogP contribution in [0.3, 0.4) is 0 Å². The van der Waals surface area contributed by atoms with Gasteiger partial charge in [-0.25, -0.2) is 0 Å². The Balaban J connectivity index is 0.00000450. The van der Waals surface area contributed by atoms with Crippen LogP contribution < -0.4 is 10.6 Å². The summed E-state index contributed by atoms with van der Waals surface area (Å²) >= 11 is 0. The summed E-state index contributed by atoms with van der Waals surface area (Å²) in [6, 6.07) is 11.4. The van der Waals surface area contributed by atoms with Crippen molar-refractivity contribution >= 4 is 29.9 Å². The molecule has 1 heterocycles. The molecule has 6 heteroatoms. The van der Waals surface area contributed by atoms with Crippen molar-refractivity contribution in [3.63, 3.8) is 0 Å². The molecule has 1 saturated heterocycles. The van der Waals surface area contributed by atoms with Crippen LogP contribution >= 0.6 is 24.0 Å². The van der Waals surface area contributed by atoms with Crippen molar-refractivity contribution < 1.29 is 4.74 Å². The summed E-state index contributed by atoms with van der Waals surface area (Å²) in [6.45, 7) is 13.8. The van der Waals surface area contributed by atoms with Gasteiger partial charge in [0.05, 0.1) is 12.7 Å². The second kappa shape index (κ2) is 14.2. The molecule has 2 rings (SSSR count). The summed E-state index contributed by atoms with van der Waals surface area (Å²) in [5, 5.41) is 7.27. The molecule has 1 aromatic carbocycles. The van der Waals surface area contributed by atoms with E-state index in [0.717, 1.165) is 64.4 Å². The SMILES string of the molecule is CCC(CC)(CNC(=NC)NC1CCN(CCOC(C)C)CC1)c1ccccc1.I. The summed E-state index contributed by atoms with van der Waals surface area (Å²) < 4.78 is 5.69. The summed E-state index contributed by atoms with van der Waals surface area (Å²) in [6.07, 6.45) is 4.82. The van der Waals surface area contributed by atoms with Gasteiger partial charge in [-0.1, -0.05) is 44.2 Å². The van der Waals surface area contributed by atoms with Gasteiger partial charge in [0, 0.05) is 44.7 Å². The molecule has 0 unspecified atom stereocenters. The first-order valence-electron chi connectivity index (χ1n) is 11.4. The van der Waals surface area contributed by atoms with Gasteiger partial charge in [0.2, 0.25) is 0 Å². The van der Waals surface area contributed by atoms with E-state index in [1.54, 1.807) is 0 Å². The van der Waals surface area contributed by atoms with Gasteiger partial charge < -0.3 is 20.3 Å². The zero-order valence-electron chi connectivity index (χ0n) is 19.6. The molecule has 172 valence electrons. The molecule has 1 aromatic rings. The van der Waals surface area contributed by atoms with Crippen LogP contribution in [-0.4, -0.2) is 62.8 Å². The molecule has 0 saturated carbocycles. The first-order chi connectivity index (χ1) is 14.0. The number of piperidine rings is 1. The molecule has 30 heavy (non-hydrogen) atoms. The summed E-state index contributed by atoms with van der Waals surface area (Å²) in [7, 11) is 1.87. The maximum absolute atomic E-state index is 5.69. The van der Waals surface area contributed by atoms with E-state index in [0.29, 0.717) is 12.1 Å². The number of nitrogens with zero attached hydrogens (tertiary/aromatic N) is 2. The minimum absolute atomic E-state index is 0. The zero-order chi connectivity index (χ0) is 21.1. The average Bonchev–Trinajstić information content (AvgIpc) is 2.75. The molecule has 0 atom stereocenters. The van der Waals surface area contributed by atoms with Crippen molar-refractivity contribution in [3.8, 4) is 0 Å². The Morgan fingerprint density at radius 2 is 1.80 bits per heavy atom. The van der Waals surface area contributed by atoms with E-state index in [2.05, 4.69) is 78.6 Å². The third-order valence-corrected chi connectivity index (χ3v) is 6.34. The molecule has 0 bridgehead atoms. The van der Waals surface area contributed by atoms with Crippen LogP contribution in [0.15, 0.2) is 35.3 Å². The molecule has 5 nitrogen and oxygen atoms in total. The molecule has 0 spiro atoms. The van der Waals surface area contributed by atoms with Gasteiger partial charge in [0.25, 0.3) is 0 Å². The summed E-state index contributed by atoms with van der Waals surface area (Å²) in [5.41, 5.74) is 1.54. The van der Waals surface area contributed by atoms with Crippen molar-refractivity contribution in [2.75, 3.05) is 39.8 Å². The van der Waals surface area contributed by atoms with E-state index in [4.69, 9.17) is 4.74 Å². The first kappa shape index (κ1) is 27.2. The molecule has 1 aliphatic heterocycles. The van der Waals surface area contributed by atoms with Crippen LogP contribution in [0.5, 0.6) is 0 Å². The van der Waals surface area contributed by atoms with Crippen LogP contribution in [-0.2, 0) is 10.2 Å². The number of nitrogens with one attached hydrogen (secondary N) is 2. The predicted octanol–water partition coefficient (Wildman–Crippen LogP) is 4.42. The average molecular weight is 531 g/mol. The number of halogens is 1. The Kier molecular flexibility index (Phi) is 12.9. The van der Waals surface area contributed by atoms with Gasteiger partial charge in [-0.15, -0.1) is 24.0 Å². The van der Waals surface area contributed by atoms with Gasteiger partial charge in [-0.05, 0) is 45.1 Å². The molecule has 0 amide bonds. The number of rotatable bonds is 10. The standard InChI is InChI=1S/C24H42N4O.HI/c1-6-24(7-2,21-11-9-8-10-12-21)19-26-23(25-5)27-22-13-15-28(16-14-22)17-18-29-20(3)4;/h8-12,20,22H,6-7,13-19H2,1-5H3,(H2,25,26,27);1H. The highest BCUT2D eigenvalue weighted by Crippen LogP contribution is 2.30. The number of benzene rings is 1. The van der Waals surface area contributed by atoms with Gasteiger partial charge >= 0.3 is 0 Å². The Bertz CT molecular complexity index is 596. The fourth-order valence-corrected chi connectivity index (χ4v) is 4.16. The van der Waals surface area contributed by atoms with Crippen molar-refractivity contribution in [2.45, 2.75) is 70.9 Å². The molecule has 1 fully saturated rings. The van der Waals surface area contributed by atoms with Crippen LogP contribution in [0.4, 0.5) is 0 Å². The van der Waals surface area contributed by atoms with Gasteiger partial charge in [-0.3, -0.25) is 4.99 Å². The van der Waals surface area contributed by atoms with Gasteiger partial charge in [0.1, 0.15) is 0 Å². The van der Waals surface area contributed by atoms with Crippen LogP contribution in [0.2, 0.25) is 0 Å². The highest BCUT2D eigenvalue weighted by atomic mass is 127. The van der Waals surface area contributed by atoms with Gasteiger partial charge in [0.15, 0.2) is 5.96 Å². The molecule has 0 radical (unpaired) electrons. The number of aliphatic imine (C=N–C) groups is 1. The third-order valence-electron chi connectivity index (χ3n) is 6.34.